The molecule has 1 amide bonds. The van der Waals surface area contributed by atoms with E-state index < -0.39 is 5.54 Å². The van der Waals surface area contributed by atoms with Crippen LogP contribution in [-0.4, -0.2) is 37.6 Å². The predicted molar refractivity (Wildman–Crippen MR) is 92.6 cm³/mol. The molecule has 1 unspecified atom stereocenters. The topological polar surface area (TPSA) is 67.4 Å². The van der Waals surface area contributed by atoms with Gasteiger partial charge in [-0.2, -0.15) is 0 Å². The van der Waals surface area contributed by atoms with Crippen LogP contribution in [0.5, 0.6) is 0 Å². The molecule has 1 saturated heterocycles. The molecule has 1 heterocycles. The van der Waals surface area contributed by atoms with Crippen LogP contribution in [0.2, 0.25) is 0 Å². The molecule has 0 aromatic heterocycles. The number of halogens is 1. The lowest BCUT2D eigenvalue weighted by molar-refractivity contribution is -0.153. The van der Waals surface area contributed by atoms with Crippen LogP contribution in [0.4, 0.5) is 0 Å². The average Bonchev–Trinajstić information content (AvgIpc) is 3.06. The summed E-state index contributed by atoms with van der Waals surface area (Å²) in [7, 11) is 1.41. The smallest absolute Gasteiger partial charge is 0.331 e. The summed E-state index contributed by atoms with van der Waals surface area (Å²) >= 11 is 0. The van der Waals surface area contributed by atoms with E-state index in [-0.39, 0.29) is 24.3 Å². The van der Waals surface area contributed by atoms with Crippen LogP contribution in [0.3, 0.4) is 0 Å². The number of methoxy groups -OCH3 is 1. The van der Waals surface area contributed by atoms with Crippen LogP contribution in [-0.2, 0) is 14.3 Å². The number of carbonyl (C=O) groups is 2. The molecule has 0 spiro atoms. The largest absolute Gasteiger partial charge is 0.467 e. The van der Waals surface area contributed by atoms with Gasteiger partial charge in [-0.25, -0.2) is 4.79 Å². The van der Waals surface area contributed by atoms with Gasteiger partial charge in [0.15, 0.2) is 0 Å². The number of hydrogen-bond donors (Lipinski definition) is 2. The molecule has 2 N–H and O–H groups in total. The van der Waals surface area contributed by atoms with Crippen molar-refractivity contribution in [1.29, 1.82) is 0 Å². The van der Waals surface area contributed by atoms with Gasteiger partial charge in [0.05, 0.1) is 7.11 Å². The van der Waals surface area contributed by atoms with Crippen LogP contribution >= 0.6 is 12.4 Å². The molecule has 23 heavy (non-hydrogen) atoms. The van der Waals surface area contributed by atoms with E-state index in [1.807, 2.05) is 0 Å². The minimum absolute atomic E-state index is 0. The summed E-state index contributed by atoms with van der Waals surface area (Å²) in [5.41, 5.74) is -0.786. The van der Waals surface area contributed by atoms with Crippen molar-refractivity contribution < 1.29 is 14.3 Å². The molecule has 6 heteroatoms. The highest BCUT2D eigenvalue weighted by Crippen LogP contribution is 2.34. The molecule has 2 fully saturated rings. The summed E-state index contributed by atoms with van der Waals surface area (Å²) < 4.78 is 4.98. The summed E-state index contributed by atoms with van der Waals surface area (Å²) in [6.07, 6.45) is 7.06. The minimum Gasteiger partial charge on any atom is -0.467 e. The Morgan fingerprint density at radius 3 is 2.43 bits per heavy atom. The van der Waals surface area contributed by atoms with E-state index >= 15 is 0 Å². The first-order chi connectivity index (χ1) is 10.6. The first-order valence-corrected chi connectivity index (χ1v) is 8.69. The fraction of sp³-hybridized carbons (Fsp3) is 0.882. The molecule has 134 valence electrons. The highest BCUT2D eigenvalue weighted by Gasteiger charge is 2.43. The van der Waals surface area contributed by atoms with Crippen LogP contribution in [0.15, 0.2) is 0 Å². The van der Waals surface area contributed by atoms with Gasteiger partial charge in [0.1, 0.15) is 5.54 Å². The lowest BCUT2D eigenvalue weighted by atomic mass is 9.75. The Labute approximate surface area is 145 Å². The zero-order valence-corrected chi connectivity index (χ0v) is 15.2. The van der Waals surface area contributed by atoms with E-state index in [2.05, 4.69) is 17.6 Å². The minimum atomic E-state index is -0.786. The molecule has 2 aliphatic rings. The van der Waals surface area contributed by atoms with E-state index in [0.717, 1.165) is 45.2 Å². The first-order valence-electron chi connectivity index (χ1n) is 8.69. The van der Waals surface area contributed by atoms with Crippen LogP contribution in [0.1, 0.15) is 58.3 Å². The van der Waals surface area contributed by atoms with Gasteiger partial charge in [0.25, 0.3) is 0 Å². The second-order valence-electron chi connectivity index (χ2n) is 6.87. The predicted octanol–water partition coefficient (Wildman–Crippen LogP) is 2.43. The monoisotopic (exact) mass is 346 g/mol. The molecule has 0 aromatic carbocycles. The second-order valence-corrected chi connectivity index (χ2v) is 6.87. The third kappa shape index (κ3) is 5.35. The van der Waals surface area contributed by atoms with Crippen molar-refractivity contribution in [3.8, 4) is 0 Å². The summed E-state index contributed by atoms with van der Waals surface area (Å²) in [6.45, 7) is 4.24. The standard InChI is InChI=1S/C17H30N2O3.ClH/c1-3-13-6-9-17(10-7-13,16(21)22-2)19-15(20)5-4-14-8-11-18-12-14;/h13-14,18H,3-12H2,1-2H3,(H,19,20);1H. The summed E-state index contributed by atoms with van der Waals surface area (Å²) in [4.78, 5) is 24.5. The van der Waals surface area contributed by atoms with E-state index in [4.69, 9.17) is 4.74 Å². The van der Waals surface area contributed by atoms with Crippen molar-refractivity contribution >= 4 is 24.3 Å². The number of ether oxygens (including phenoxy) is 1. The average molecular weight is 347 g/mol. The maximum Gasteiger partial charge on any atom is 0.331 e. The SMILES string of the molecule is CCC1CCC(NC(=O)CCC2CCNC2)(C(=O)OC)CC1.Cl. The molecule has 1 aliphatic carbocycles. The second kappa shape index (κ2) is 9.48. The van der Waals surface area contributed by atoms with Gasteiger partial charge in [0, 0.05) is 6.42 Å². The highest BCUT2D eigenvalue weighted by atomic mass is 35.5. The molecule has 0 aromatic rings. The van der Waals surface area contributed by atoms with Crippen molar-refractivity contribution in [1.82, 2.24) is 10.6 Å². The lowest BCUT2D eigenvalue weighted by Crippen LogP contribution is -2.56. The normalized spacial score (nSPS) is 30.3. The molecule has 0 bridgehead atoms. The zero-order chi connectivity index (χ0) is 16.0. The fourth-order valence-electron chi connectivity index (χ4n) is 3.78. The Morgan fingerprint density at radius 1 is 1.22 bits per heavy atom. The molecule has 5 nitrogen and oxygen atoms in total. The van der Waals surface area contributed by atoms with Gasteiger partial charge in [-0.15, -0.1) is 12.4 Å². The van der Waals surface area contributed by atoms with E-state index in [1.54, 1.807) is 0 Å². The number of hydrogen-bond acceptors (Lipinski definition) is 4. The number of nitrogens with one attached hydrogen (secondary N) is 2. The number of esters is 1. The third-order valence-corrected chi connectivity index (χ3v) is 5.43. The van der Waals surface area contributed by atoms with E-state index in [9.17, 15) is 9.59 Å². The Balaban J connectivity index is 0.00000264. The van der Waals surface area contributed by atoms with E-state index in [1.165, 1.54) is 7.11 Å². The number of carbonyl (C=O) groups excluding carboxylic acids is 2. The third-order valence-electron chi connectivity index (χ3n) is 5.43. The van der Waals surface area contributed by atoms with Crippen molar-refractivity contribution in [2.24, 2.45) is 11.8 Å². The molecule has 1 atom stereocenters. The van der Waals surface area contributed by atoms with Crippen molar-refractivity contribution in [2.45, 2.75) is 63.8 Å². The summed E-state index contributed by atoms with van der Waals surface area (Å²) in [6, 6.07) is 0. The maximum absolute atomic E-state index is 12.3. The fourth-order valence-corrected chi connectivity index (χ4v) is 3.78. The zero-order valence-electron chi connectivity index (χ0n) is 14.4. The molecular weight excluding hydrogens is 316 g/mol. The van der Waals surface area contributed by atoms with Gasteiger partial charge in [-0.3, -0.25) is 4.79 Å². The number of rotatable bonds is 6. The van der Waals surface area contributed by atoms with Gasteiger partial charge >= 0.3 is 5.97 Å². The van der Waals surface area contributed by atoms with Gasteiger partial charge < -0.3 is 15.4 Å². The Hall–Kier alpha value is -0.810. The summed E-state index contributed by atoms with van der Waals surface area (Å²) in [5, 5.41) is 6.34. The molecular formula is C17H31ClN2O3. The van der Waals surface area contributed by atoms with Gasteiger partial charge in [0.2, 0.25) is 5.91 Å². The Kier molecular flexibility index (Phi) is 8.34. The molecule has 0 radical (unpaired) electrons. The first kappa shape index (κ1) is 20.2. The summed E-state index contributed by atoms with van der Waals surface area (Å²) in [5.74, 6) is 0.972. The molecule has 1 saturated carbocycles. The van der Waals surface area contributed by atoms with Crippen molar-refractivity contribution in [2.75, 3.05) is 20.2 Å². The van der Waals surface area contributed by atoms with E-state index in [0.29, 0.717) is 31.1 Å². The Morgan fingerprint density at radius 2 is 1.91 bits per heavy atom. The quantitative estimate of drug-likeness (QED) is 0.725. The van der Waals surface area contributed by atoms with Crippen LogP contribution in [0, 0.1) is 11.8 Å². The maximum atomic E-state index is 12.3. The van der Waals surface area contributed by atoms with Crippen molar-refractivity contribution in [3.05, 3.63) is 0 Å². The molecule has 1 aliphatic heterocycles. The molecule has 2 rings (SSSR count). The van der Waals surface area contributed by atoms with Gasteiger partial charge in [-0.1, -0.05) is 13.3 Å². The van der Waals surface area contributed by atoms with Gasteiger partial charge in [-0.05, 0) is 63.5 Å². The van der Waals surface area contributed by atoms with Crippen LogP contribution in [0.25, 0.3) is 0 Å². The van der Waals surface area contributed by atoms with Crippen molar-refractivity contribution in [3.63, 3.8) is 0 Å². The van der Waals surface area contributed by atoms with Crippen LogP contribution < -0.4 is 10.6 Å². The lowest BCUT2D eigenvalue weighted by Gasteiger charge is -2.38. The number of amides is 1. The highest BCUT2D eigenvalue weighted by molar-refractivity contribution is 5.88. The Bertz CT molecular complexity index is 389.